The molecule has 2 aliphatic rings. The van der Waals surface area contributed by atoms with Crippen molar-refractivity contribution < 1.29 is 9.18 Å². The molecule has 30 heavy (non-hydrogen) atoms. The number of ketones is 1. The number of carbonyl (C=O) groups excluding carboxylic acids is 1. The van der Waals surface area contributed by atoms with E-state index in [0.717, 1.165) is 35.2 Å². The Morgan fingerprint density at radius 3 is 2.77 bits per heavy atom. The van der Waals surface area contributed by atoms with E-state index < -0.39 is 0 Å². The van der Waals surface area contributed by atoms with Crippen molar-refractivity contribution in [2.75, 3.05) is 5.32 Å². The van der Waals surface area contributed by atoms with Crippen molar-refractivity contribution in [1.82, 2.24) is 14.8 Å². The van der Waals surface area contributed by atoms with Crippen LogP contribution in [0.4, 0.5) is 10.3 Å². The molecule has 0 spiro atoms. The number of halogens is 1. The minimum absolute atomic E-state index is 0.163. The Balaban J connectivity index is 1.51. The van der Waals surface area contributed by atoms with Crippen LogP contribution < -0.4 is 5.32 Å². The van der Waals surface area contributed by atoms with E-state index in [9.17, 15) is 9.18 Å². The molecule has 0 fully saturated rings. The van der Waals surface area contributed by atoms with Crippen molar-refractivity contribution in [3.8, 4) is 0 Å². The molecule has 0 unspecified atom stereocenters. The zero-order chi connectivity index (χ0) is 20.7. The fourth-order valence-corrected chi connectivity index (χ4v) is 4.83. The summed E-state index contributed by atoms with van der Waals surface area (Å²) < 4.78 is 15.8. The van der Waals surface area contributed by atoms with Gasteiger partial charge in [-0.15, -0.1) is 5.10 Å². The number of anilines is 1. The van der Waals surface area contributed by atoms with Gasteiger partial charge in [0.05, 0.1) is 0 Å². The Kier molecular flexibility index (Phi) is 4.90. The maximum Gasteiger partial charge on any atom is 0.227 e. The van der Waals surface area contributed by atoms with Gasteiger partial charge in [0.15, 0.2) is 5.78 Å². The van der Waals surface area contributed by atoms with Gasteiger partial charge in [-0.05, 0) is 37.0 Å². The number of rotatable bonds is 4. The molecule has 1 N–H and O–H groups in total. The molecule has 1 aliphatic heterocycles. The minimum atomic E-state index is -0.292. The second-order valence-electron chi connectivity index (χ2n) is 7.65. The second kappa shape index (κ2) is 7.72. The van der Waals surface area contributed by atoms with Gasteiger partial charge in [0.25, 0.3) is 0 Å². The lowest BCUT2D eigenvalue weighted by atomic mass is 9.85. The maximum atomic E-state index is 14.0. The van der Waals surface area contributed by atoms with Gasteiger partial charge in [-0.1, -0.05) is 59.8 Å². The van der Waals surface area contributed by atoms with Gasteiger partial charge in [-0.2, -0.15) is 4.98 Å². The van der Waals surface area contributed by atoms with Gasteiger partial charge in [0.1, 0.15) is 11.9 Å². The van der Waals surface area contributed by atoms with Crippen LogP contribution in [-0.2, 0) is 10.5 Å². The van der Waals surface area contributed by atoms with Crippen molar-refractivity contribution in [3.63, 3.8) is 0 Å². The number of carbonyl (C=O) groups is 1. The van der Waals surface area contributed by atoms with Crippen LogP contribution in [0.15, 0.2) is 65.0 Å². The summed E-state index contributed by atoms with van der Waals surface area (Å²) >= 11 is 1.39. The number of benzene rings is 2. The Labute approximate surface area is 178 Å². The molecule has 0 saturated carbocycles. The molecule has 0 saturated heterocycles. The fraction of sp³-hybridized carbons (Fsp3) is 0.261. The van der Waals surface area contributed by atoms with Crippen molar-refractivity contribution in [1.29, 1.82) is 0 Å². The van der Waals surface area contributed by atoms with E-state index >= 15 is 0 Å². The van der Waals surface area contributed by atoms with Crippen molar-refractivity contribution in [2.45, 2.75) is 43.1 Å². The van der Waals surface area contributed by atoms with E-state index in [2.05, 4.69) is 34.6 Å². The number of Topliss-reactive ketones (excluding diaryl/α,β-unsaturated/α-hetero) is 1. The zero-order valence-corrected chi connectivity index (χ0v) is 17.4. The molecule has 5 rings (SSSR count). The lowest BCUT2D eigenvalue weighted by Crippen LogP contribution is -2.31. The molecular weight excluding hydrogens is 399 g/mol. The van der Waals surface area contributed by atoms with Gasteiger partial charge in [-0.25, -0.2) is 9.07 Å². The number of nitrogens with one attached hydrogen (secondary N) is 1. The smallest absolute Gasteiger partial charge is 0.227 e. The first-order valence-electron chi connectivity index (χ1n) is 10.0. The van der Waals surface area contributed by atoms with Crippen LogP contribution in [0.25, 0.3) is 0 Å². The van der Waals surface area contributed by atoms with E-state index in [4.69, 9.17) is 5.10 Å². The zero-order valence-electron chi connectivity index (χ0n) is 16.6. The predicted molar refractivity (Wildman–Crippen MR) is 115 cm³/mol. The first-order valence-corrected chi connectivity index (χ1v) is 11.0. The monoisotopic (exact) mass is 420 g/mol. The Morgan fingerprint density at radius 2 is 1.97 bits per heavy atom. The van der Waals surface area contributed by atoms with Gasteiger partial charge < -0.3 is 5.32 Å². The van der Waals surface area contributed by atoms with E-state index in [-0.39, 0.29) is 17.6 Å². The summed E-state index contributed by atoms with van der Waals surface area (Å²) in [5.74, 6) is 1.01. The minimum Gasteiger partial charge on any atom is -0.328 e. The molecular formula is C23H21FN4OS. The Morgan fingerprint density at radius 1 is 1.17 bits per heavy atom. The Bertz CT molecular complexity index is 1150. The van der Waals surface area contributed by atoms with E-state index in [1.807, 2.05) is 13.0 Å². The molecule has 2 heterocycles. The molecule has 0 bridgehead atoms. The van der Waals surface area contributed by atoms with E-state index in [1.54, 1.807) is 16.8 Å². The molecule has 0 radical (unpaired) electrons. The van der Waals surface area contributed by atoms with Crippen molar-refractivity contribution >= 4 is 23.5 Å². The molecule has 1 aromatic heterocycles. The van der Waals surface area contributed by atoms with Gasteiger partial charge >= 0.3 is 0 Å². The molecule has 152 valence electrons. The summed E-state index contributed by atoms with van der Waals surface area (Å²) in [4.78, 5) is 17.5. The number of nitrogens with zero attached hydrogens (tertiary/aromatic N) is 3. The van der Waals surface area contributed by atoms with Crippen LogP contribution in [0.5, 0.6) is 0 Å². The summed E-state index contributed by atoms with van der Waals surface area (Å²) in [7, 11) is 0. The summed E-state index contributed by atoms with van der Waals surface area (Å²) in [6, 6.07) is 14.6. The van der Waals surface area contributed by atoms with Crippen molar-refractivity contribution in [2.24, 2.45) is 0 Å². The quantitative estimate of drug-likeness (QED) is 0.599. The third-order valence-corrected chi connectivity index (χ3v) is 6.44. The van der Waals surface area contributed by atoms with Crippen LogP contribution in [0.2, 0.25) is 0 Å². The van der Waals surface area contributed by atoms with Crippen LogP contribution in [0.3, 0.4) is 0 Å². The maximum absolute atomic E-state index is 14.0. The van der Waals surface area contributed by atoms with E-state index in [0.29, 0.717) is 28.8 Å². The Hall–Kier alpha value is -2.93. The highest BCUT2D eigenvalue weighted by Crippen LogP contribution is 2.40. The molecule has 3 aromatic rings. The van der Waals surface area contributed by atoms with Crippen molar-refractivity contribution in [3.05, 3.63) is 82.3 Å². The van der Waals surface area contributed by atoms with Crippen LogP contribution in [0.1, 0.15) is 42.0 Å². The number of thioether (sulfide) groups is 1. The number of hydrogen-bond acceptors (Lipinski definition) is 5. The molecule has 2 aromatic carbocycles. The highest BCUT2D eigenvalue weighted by molar-refractivity contribution is 7.98. The number of aryl methyl sites for hydroxylation is 1. The topological polar surface area (TPSA) is 59.8 Å². The van der Waals surface area contributed by atoms with Gasteiger partial charge in [0, 0.05) is 23.4 Å². The molecule has 5 nitrogen and oxygen atoms in total. The first-order chi connectivity index (χ1) is 14.6. The summed E-state index contributed by atoms with van der Waals surface area (Å²) in [6.45, 7) is 2.04. The number of fused-ring (bicyclic) bond motifs is 1. The van der Waals surface area contributed by atoms with Gasteiger partial charge in [0.2, 0.25) is 11.1 Å². The molecule has 1 aliphatic carbocycles. The standard InChI is InChI=1S/C23H21FN4OS/c1-14-9-11-15(12-10-14)21-20-18(7-4-8-19(20)29)25-22-26-23(27-28(21)22)30-13-16-5-2-3-6-17(16)24/h2-3,5-6,9-12,21H,4,7-8,13H2,1H3,(H,25,26,27)/t21-/m0/s1. The number of aromatic nitrogens is 3. The molecule has 0 amide bonds. The van der Waals surface area contributed by atoms with E-state index in [1.165, 1.54) is 17.8 Å². The van der Waals surface area contributed by atoms with Crippen LogP contribution >= 0.6 is 11.8 Å². The molecule has 1 atom stereocenters. The SMILES string of the molecule is Cc1ccc([C@H]2C3=C(CCCC3=O)Nc3nc(SCc4ccccc4F)nn32)cc1. The predicted octanol–water partition coefficient (Wildman–Crippen LogP) is 5.04. The molecule has 7 heteroatoms. The summed E-state index contributed by atoms with van der Waals surface area (Å²) in [5, 5.41) is 8.59. The average Bonchev–Trinajstić information content (AvgIpc) is 3.15. The average molecular weight is 421 g/mol. The first kappa shape index (κ1) is 19.1. The number of allylic oxidation sites excluding steroid dienone is 2. The second-order valence-corrected chi connectivity index (χ2v) is 8.59. The van der Waals surface area contributed by atoms with Crippen LogP contribution in [0, 0.1) is 12.7 Å². The highest BCUT2D eigenvalue weighted by Gasteiger charge is 2.36. The van der Waals surface area contributed by atoms with Gasteiger partial charge in [-0.3, -0.25) is 4.79 Å². The summed E-state index contributed by atoms with van der Waals surface area (Å²) in [5.41, 5.74) is 4.53. The third-order valence-electron chi connectivity index (χ3n) is 5.56. The lowest BCUT2D eigenvalue weighted by molar-refractivity contribution is -0.116. The largest absolute Gasteiger partial charge is 0.328 e. The highest BCUT2D eigenvalue weighted by atomic mass is 32.2. The number of hydrogen-bond donors (Lipinski definition) is 1. The lowest BCUT2D eigenvalue weighted by Gasteiger charge is -2.32. The third kappa shape index (κ3) is 3.43. The van der Waals surface area contributed by atoms with Crippen LogP contribution in [-0.4, -0.2) is 20.5 Å². The normalized spacial score (nSPS) is 18.1. The fourth-order valence-electron chi connectivity index (χ4n) is 4.01. The summed E-state index contributed by atoms with van der Waals surface area (Å²) in [6.07, 6.45) is 2.23.